The minimum Gasteiger partial charge on any atom is -0.460 e. The standard InChI is InChI=1S/C32H50O6/c1-15-9-21-18-12-25(26(33)13-18)30(21)37-27(15)19-7-6-8-35-28(19)20-14-22-17-10-23(29(22)36-16(20)2)24(11-17)31(34)38-32(3,4)5/h15-30,33H,6-14H2,1-5H3. The maximum atomic E-state index is 13.0. The number of ether oxygens (including phenoxy) is 4. The lowest BCUT2D eigenvalue weighted by Crippen LogP contribution is -2.56. The monoisotopic (exact) mass is 530 g/mol. The molecule has 0 aromatic rings. The molecule has 214 valence electrons. The van der Waals surface area contributed by atoms with Crippen LogP contribution in [0.1, 0.15) is 86.0 Å². The predicted octanol–water partition coefficient (Wildman–Crippen LogP) is 5.00. The molecule has 4 bridgehead atoms. The molecule has 0 amide bonds. The largest absolute Gasteiger partial charge is 0.460 e. The second kappa shape index (κ2) is 9.42. The molecule has 38 heavy (non-hydrogen) atoms. The van der Waals surface area contributed by atoms with Crippen molar-refractivity contribution >= 4 is 5.97 Å². The number of hydrogen-bond acceptors (Lipinski definition) is 6. The van der Waals surface area contributed by atoms with Gasteiger partial charge in [0.1, 0.15) is 5.60 Å². The first-order valence-electron chi connectivity index (χ1n) is 15.9. The molecule has 16 unspecified atom stereocenters. The molecule has 7 aliphatic rings. The summed E-state index contributed by atoms with van der Waals surface area (Å²) < 4.78 is 26.3. The number of carbonyl (C=O) groups is 1. The lowest BCUT2D eigenvalue weighted by atomic mass is 9.67. The average Bonchev–Trinajstić information content (AvgIpc) is 3.62. The SMILES string of the molecule is CC1CC2C3CC(O)C(C3)C2OC1C1CCCOC1C1CC2C3CC(C(=O)OC(C)(C)C)C(C3)C2OC1C. The molecular weight excluding hydrogens is 480 g/mol. The van der Waals surface area contributed by atoms with E-state index in [2.05, 4.69) is 13.8 Å². The Hall–Kier alpha value is -0.690. The number of carbonyl (C=O) groups excluding carboxylic acids is 1. The van der Waals surface area contributed by atoms with Gasteiger partial charge in [0.25, 0.3) is 0 Å². The van der Waals surface area contributed by atoms with E-state index in [0.717, 1.165) is 51.6 Å². The van der Waals surface area contributed by atoms with Crippen molar-refractivity contribution in [3.05, 3.63) is 0 Å². The van der Waals surface area contributed by atoms with Gasteiger partial charge >= 0.3 is 5.97 Å². The topological polar surface area (TPSA) is 74.2 Å². The van der Waals surface area contributed by atoms with E-state index in [1.54, 1.807) is 0 Å². The van der Waals surface area contributed by atoms with E-state index in [1.165, 1.54) is 6.42 Å². The number of fused-ring (bicyclic) bond motifs is 10. The predicted molar refractivity (Wildman–Crippen MR) is 142 cm³/mol. The molecule has 0 spiro atoms. The van der Waals surface area contributed by atoms with Gasteiger partial charge in [-0.3, -0.25) is 4.79 Å². The fraction of sp³-hybridized carbons (Fsp3) is 0.969. The van der Waals surface area contributed by atoms with Crippen LogP contribution in [0.3, 0.4) is 0 Å². The Kier molecular flexibility index (Phi) is 6.50. The van der Waals surface area contributed by atoms with Gasteiger partial charge in [-0.05, 0) is 115 Å². The van der Waals surface area contributed by atoms with Crippen molar-refractivity contribution in [2.45, 2.75) is 128 Å². The number of aliphatic hydroxyl groups excluding tert-OH is 1. The summed E-state index contributed by atoms with van der Waals surface area (Å²) >= 11 is 0. The molecule has 7 rings (SSSR count). The quantitative estimate of drug-likeness (QED) is 0.518. The second-order valence-corrected chi connectivity index (χ2v) is 15.5. The van der Waals surface area contributed by atoms with Crippen LogP contribution in [-0.2, 0) is 23.7 Å². The van der Waals surface area contributed by atoms with Crippen LogP contribution in [-0.4, -0.2) is 59.9 Å². The molecule has 0 aromatic carbocycles. The van der Waals surface area contributed by atoms with E-state index in [4.69, 9.17) is 18.9 Å². The van der Waals surface area contributed by atoms with Gasteiger partial charge in [-0.1, -0.05) is 6.92 Å². The molecule has 16 atom stereocenters. The Morgan fingerprint density at radius 3 is 2.26 bits per heavy atom. The van der Waals surface area contributed by atoms with Crippen LogP contribution >= 0.6 is 0 Å². The highest BCUT2D eigenvalue weighted by Gasteiger charge is 2.61. The number of esters is 1. The van der Waals surface area contributed by atoms with Crippen molar-refractivity contribution in [3.63, 3.8) is 0 Å². The van der Waals surface area contributed by atoms with Crippen LogP contribution in [0.15, 0.2) is 0 Å². The Morgan fingerprint density at radius 1 is 0.763 bits per heavy atom. The molecule has 4 saturated carbocycles. The Balaban J connectivity index is 1.06. The number of rotatable bonds is 3. The normalized spacial score (nSPS) is 55.5. The molecule has 0 aromatic heterocycles. The first-order chi connectivity index (χ1) is 18.1. The van der Waals surface area contributed by atoms with Gasteiger partial charge < -0.3 is 24.1 Å². The third kappa shape index (κ3) is 4.21. The molecule has 3 saturated heterocycles. The van der Waals surface area contributed by atoms with Crippen molar-refractivity contribution in [1.29, 1.82) is 0 Å². The van der Waals surface area contributed by atoms with Crippen LogP contribution in [0, 0.1) is 59.2 Å². The zero-order chi connectivity index (χ0) is 26.5. The molecule has 6 heteroatoms. The fourth-order valence-electron chi connectivity index (χ4n) is 10.8. The summed E-state index contributed by atoms with van der Waals surface area (Å²) in [6.45, 7) is 11.4. The summed E-state index contributed by atoms with van der Waals surface area (Å²) in [6.07, 6.45) is 9.62. The molecule has 3 aliphatic heterocycles. The number of aliphatic hydroxyl groups is 1. The van der Waals surface area contributed by atoms with Gasteiger partial charge in [0.2, 0.25) is 0 Å². The van der Waals surface area contributed by atoms with E-state index in [1.807, 2.05) is 20.8 Å². The maximum Gasteiger partial charge on any atom is 0.309 e. The summed E-state index contributed by atoms with van der Waals surface area (Å²) in [7, 11) is 0. The third-order valence-corrected chi connectivity index (χ3v) is 12.2. The molecule has 1 N–H and O–H groups in total. The Labute approximate surface area is 228 Å². The second-order valence-electron chi connectivity index (χ2n) is 15.5. The minimum absolute atomic E-state index is 0.00978. The molecule has 6 nitrogen and oxygen atoms in total. The first-order valence-corrected chi connectivity index (χ1v) is 15.9. The van der Waals surface area contributed by atoms with Crippen LogP contribution in [0.25, 0.3) is 0 Å². The van der Waals surface area contributed by atoms with Gasteiger partial charge in [-0.2, -0.15) is 0 Å². The maximum absolute atomic E-state index is 13.0. The highest BCUT2D eigenvalue weighted by Crippen LogP contribution is 2.60. The summed E-state index contributed by atoms with van der Waals surface area (Å²) in [5.74, 6) is 4.30. The molecule has 7 fully saturated rings. The van der Waals surface area contributed by atoms with E-state index in [9.17, 15) is 9.90 Å². The minimum atomic E-state index is -0.439. The van der Waals surface area contributed by atoms with E-state index in [-0.39, 0.29) is 48.5 Å². The third-order valence-electron chi connectivity index (χ3n) is 12.2. The zero-order valence-corrected chi connectivity index (χ0v) is 24.1. The van der Waals surface area contributed by atoms with Gasteiger partial charge in [0.15, 0.2) is 0 Å². The lowest BCUT2D eigenvalue weighted by molar-refractivity contribution is -0.222. The van der Waals surface area contributed by atoms with E-state index >= 15 is 0 Å². The Bertz CT molecular complexity index is 914. The molecular formula is C32H50O6. The van der Waals surface area contributed by atoms with Gasteiger partial charge in [-0.15, -0.1) is 0 Å². The molecule has 4 aliphatic carbocycles. The van der Waals surface area contributed by atoms with Crippen molar-refractivity contribution in [2.75, 3.05) is 6.61 Å². The van der Waals surface area contributed by atoms with Gasteiger partial charge in [-0.25, -0.2) is 0 Å². The molecule has 3 heterocycles. The highest BCUT2D eigenvalue weighted by atomic mass is 16.6. The van der Waals surface area contributed by atoms with Crippen molar-refractivity contribution in [3.8, 4) is 0 Å². The highest BCUT2D eigenvalue weighted by molar-refractivity contribution is 5.74. The van der Waals surface area contributed by atoms with Crippen molar-refractivity contribution in [1.82, 2.24) is 0 Å². The Morgan fingerprint density at radius 2 is 1.47 bits per heavy atom. The fourth-order valence-corrected chi connectivity index (χ4v) is 10.8. The summed E-state index contributed by atoms with van der Waals surface area (Å²) in [6, 6.07) is 0. The van der Waals surface area contributed by atoms with E-state index < -0.39 is 5.60 Å². The zero-order valence-electron chi connectivity index (χ0n) is 24.1. The summed E-state index contributed by atoms with van der Waals surface area (Å²) in [5, 5.41) is 10.6. The van der Waals surface area contributed by atoms with Crippen molar-refractivity contribution in [2.24, 2.45) is 59.2 Å². The van der Waals surface area contributed by atoms with Gasteiger partial charge in [0.05, 0.1) is 42.5 Å². The average molecular weight is 531 g/mol. The van der Waals surface area contributed by atoms with Crippen LogP contribution in [0.4, 0.5) is 0 Å². The summed E-state index contributed by atoms with van der Waals surface area (Å²) in [5.41, 5.74) is -0.439. The van der Waals surface area contributed by atoms with Gasteiger partial charge in [0, 0.05) is 24.4 Å². The van der Waals surface area contributed by atoms with Crippen LogP contribution in [0.2, 0.25) is 0 Å². The van der Waals surface area contributed by atoms with Crippen molar-refractivity contribution < 1.29 is 28.8 Å². The lowest BCUT2D eigenvalue weighted by Gasteiger charge is -2.52. The smallest absolute Gasteiger partial charge is 0.309 e. The molecule has 0 radical (unpaired) electrons. The first kappa shape index (κ1) is 26.2. The number of hydrogen-bond donors (Lipinski definition) is 1. The van der Waals surface area contributed by atoms with Crippen LogP contribution in [0.5, 0.6) is 0 Å². The van der Waals surface area contributed by atoms with E-state index in [0.29, 0.717) is 53.3 Å². The summed E-state index contributed by atoms with van der Waals surface area (Å²) in [4.78, 5) is 13.0. The van der Waals surface area contributed by atoms with Crippen LogP contribution < -0.4 is 0 Å².